The summed E-state index contributed by atoms with van der Waals surface area (Å²) >= 11 is 0. The second-order valence-electron chi connectivity index (χ2n) is 7.40. The molecule has 32 heavy (non-hydrogen) atoms. The Labute approximate surface area is 185 Å². The molecular formula is C25H22N6O. The standard InChI is InChI=1S/C25H22N6O/c1-31-15-14-27-25(31)22(17-9-11-19(32-2)12-10-17)29-24-20-7-3-4-8-21(20)28-23(30-24)18-6-5-13-26-16-18/h3-16,22H,1-2H3,(H,28,29,30). The lowest BCUT2D eigenvalue weighted by Crippen LogP contribution is -2.18. The summed E-state index contributed by atoms with van der Waals surface area (Å²) in [5.74, 6) is 3.03. The molecule has 2 aromatic carbocycles. The number of aromatic nitrogens is 5. The molecule has 0 amide bonds. The Morgan fingerprint density at radius 1 is 0.938 bits per heavy atom. The van der Waals surface area contributed by atoms with E-state index in [4.69, 9.17) is 14.7 Å². The first-order valence-electron chi connectivity index (χ1n) is 10.3. The van der Waals surface area contributed by atoms with E-state index in [0.717, 1.165) is 39.4 Å². The number of fused-ring (bicyclic) bond motifs is 1. The number of nitrogens with zero attached hydrogens (tertiary/aromatic N) is 5. The van der Waals surface area contributed by atoms with Crippen LogP contribution in [0.1, 0.15) is 17.4 Å². The number of methoxy groups -OCH3 is 1. The number of hydrogen-bond donors (Lipinski definition) is 1. The Kier molecular flexibility index (Phi) is 5.21. The third-order valence-corrected chi connectivity index (χ3v) is 5.37. The Morgan fingerprint density at radius 3 is 2.50 bits per heavy atom. The van der Waals surface area contributed by atoms with E-state index in [1.165, 1.54) is 0 Å². The van der Waals surface area contributed by atoms with E-state index >= 15 is 0 Å². The topological polar surface area (TPSA) is 77.8 Å². The SMILES string of the molecule is COc1ccc(C(Nc2nc(-c3cccnc3)nc3ccccc23)c2nccn2C)cc1. The molecule has 1 N–H and O–H groups in total. The minimum absolute atomic E-state index is 0.221. The fourth-order valence-electron chi connectivity index (χ4n) is 3.70. The number of hydrogen-bond acceptors (Lipinski definition) is 6. The monoisotopic (exact) mass is 422 g/mol. The highest BCUT2D eigenvalue weighted by atomic mass is 16.5. The fraction of sp³-hybridized carbons (Fsp3) is 0.120. The van der Waals surface area contributed by atoms with Crippen LogP contribution in [0.2, 0.25) is 0 Å². The Balaban J connectivity index is 1.64. The summed E-state index contributed by atoms with van der Waals surface area (Å²) in [4.78, 5) is 18.5. The predicted octanol–water partition coefficient (Wildman–Crippen LogP) is 4.64. The molecule has 158 valence electrons. The maximum Gasteiger partial charge on any atom is 0.163 e. The minimum atomic E-state index is -0.221. The van der Waals surface area contributed by atoms with Crippen LogP contribution in [0, 0.1) is 0 Å². The van der Waals surface area contributed by atoms with Crippen LogP contribution < -0.4 is 10.1 Å². The molecule has 7 heteroatoms. The second-order valence-corrected chi connectivity index (χ2v) is 7.40. The van der Waals surface area contributed by atoms with Gasteiger partial charge in [0.2, 0.25) is 0 Å². The van der Waals surface area contributed by atoms with Gasteiger partial charge in [-0.25, -0.2) is 15.0 Å². The quantitative estimate of drug-likeness (QED) is 0.430. The lowest BCUT2D eigenvalue weighted by Gasteiger charge is -2.21. The highest BCUT2D eigenvalue weighted by Gasteiger charge is 2.21. The van der Waals surface area contributed by atoms with Crippen LogP contribution >= 0.6 is 0 Å². The van der Waals surface area contributed by atoms with Gasteiger partial charge in [0.15, 0.2) is 5.82 Å². The van der Waals surface area contributed by atoms with E-state index in [9.17, 15) is 0 Å². The van der Waals surface area contributed by atoms with Gasteiger partial charge < -0.3 is 14.6 Å². The first-order chi connectivity index (χ1) is 15.7. The van der Waals surface area contributed by atoms with Crippen molar-refractivity contribution in [1.29, 1.82) is 0 Å². The molecule has 0 aliphatic heterocycles. The smallest absolute Gasteiger partial charge is 0.163 e. The van der Waals surface area contributed by atoms with Crippen LogP contribution in [0.15, 0.2) is 85.5 Å². The lowest BCUT2D eigenvalue weighted by atomic mass is 10.1. The van der Waals surface area contributed by atoms with Crippen LogP contribution in [-0.4, -0.2) is 31.6 Å². The first-order valence-corrected chi connectivity index (χ1v) is 10.3. The maximum atomic E-state index is 5.34. The number of benzene rings is 2. The van der Waals surface area contributed by atoms with E-state index in [1.807, 2.05) is 78.5 Å². The van der Waals surface area contributed by atoms with Crippen molar-refractivity contribution in [2.45, 2.75) is 6.04 Å². The van der Waals surface area contributed by atoms with Gasteiger partial charge in [-0.1, -0.05) is 24.3 Å². The molecule has 0 fully saturated rings. The Hall–Kier alpha value is -4.26. The molecule has 0 bridgehead atoms. The molecule has 0 saturated carbocycles. The van der Waals surface area contributed by atoms with Gasteiger partial charge in [-0.2, -0.15) is 0 Å². The zero-order chi connectivity index (χ0) is 21.9. The summed E-state index contributed by atoms with van der Waals surface area (Å²) < 4.78 is 7.34. The van der Waals surface area contributed by atoms with Gasteiger partial charge in [0.1, 0.15) is 23.4 Å². The molecule has 5 aromatic rings. The molecule has 1 atom stereocenters. The van der Waals surface area contributed by atoms with Crippen molar-refractivity contribution in [2.75, 3.05) is 12.4 Å². The van der Waals surface area contributed by atoms with Crippen molar-refractivity contribution >= 4 is 16.7 Å². The zero-order valence-corrected chi connectivity index (χ0v) is 17.8. The van der Waals surface area contributed by atoms with Crippen molar-refractivity contribution < 1.29 is 4.74 Å². The van der Waals surface area contributed by atoms with Crippen LogP contribution in [0.3, 0.4) is 0 Å². The molecule has 0 saturated heterocycles. The second kappa shape index (κ2) is 8.47. The Morgan fingerprint density at radius 2 is 1.78 bits per heavy atom. The summed E-state index contributed by atoms with van der Waals surface area (Å²) in [6.45, 7) is 0. The van der Waals surface area contributed by atoms with Gasteiger partial charge in [0, 0.05) is 42.8 Å². The van der Waals surface area contributed by atoms with Gasteiger partial charge in [0.25, 0.3) is 0 Å². The van der Waals surface area contributed by atoms with Crippen LogP contribution in [0.25, 0.3) is 22.3 Å². The van der Waals surface area contributed by atoms with Gasteiger partial charge in [0.05, 0.1) is 12.6 Å². The normalized spacial score (nSPS) is 11.9. The zero-order valence-electron chi connectivity index (χ0n) is 17.8. The summed E-state index contributed by atoms with van der Waals surface area (Å²) in [5.41, 5.74) is 2.77. The van der Waals surface area contributed by atoms with E-state index in [-0.39, 0.29) is 6.04 Å². The molecule has 0 aliphatic carbocycles. The summed E-state index contributed by atoms with van der Waals surface area (Å²) in [5, 5.41) is 4.57. The predicted molar refractivity (Wildman–Crippen MR) is 124 cm³/mol. The van der Waals surface area contributed by atoms with Gasteiger partial charge >= 0.3 is 0 Å². The average molecular weight is 422 g/mol. The highest BCUT2D eigenvalue weighted by molar-refractivity contribution is 5.90. The lowest BCUT2D eigenvalue weighted by molar-refractivity contribution is 0.414. The van der Waals surface area contributed by atoms with Crippen LogP contribution in [0.4, 0.5) is 5.82 Å². The van der Waals surface area contributed by atoms with Gasteiger partial charge in [-0.3, -0.25) is 4.98 Å². The summed E-state index contributed by atoms with van der Waals surface area (Å²) in [6, 6.07) is 19.6. The number of imidazole rings is 1. The third-order valence-electron chi connectivity index (χ3n) is 5.37. The minimum Gasteiger partial charge on any atom is -0.497 e. The summed E-state index contributed by atoms with van der Waals surface area (Å²) in [6.07, 6.45) is 7.25. The largest absolute Gasteiger partial charge is 0.497 e. The third kappa shape index (κ3) is 3.76. The van der Waals surface area contributed by atoms with Crippen molar-refractivity contribution in [3.05, 3.63) is 96.8 Å². The maximum absolute atomic E-state index is 5.34. The number of aryl methyl sites for hydroxylation is 1. The fourth-order valence-corrected chi connectivity index (χ4v) is 3.70. The molecule has 3 aromatic heterocycles. The summed E-state index contributed by atoms with van der Waals surface area (Å²) in [7, 11) is 3.65. The molecular weight excluding hydrogens is 400 g/mol. The van der Waals surface area contributed by atoms with Crippen LogP contribution in [-0.2, 0) is 7.05 Å². The molecule has 0 radical (unpaired) electrons. The molecule has 0 aliphatic rings. The molecule has 3 heterocycles. The van der Waals surface area contributed by atoms with Gasteiger partial charge in [-0.15, -0.1) is 0 Å². The number of nitrogens with one attached hydrogen (secondary N) is 1. The number of para-hydroxylation sites is 1. The molecule has 7 nitrogen and oxygen atoms in total. The Bertz CT molecular complexity index is 1350. The van der Waals surface area contributed by atoms with Crippen molar-refractivity contribution in [2.24, 2.45) is 7.05 Å². The van der Waals surface area contributed by atoms with Gasteiger partial charge in [-0.05, 0) is 42.0 Å². The van der Waals surface area contributed by atoms with E-state index in [1.54, 1.807) is 25.7 Å². The van der Waals surface area contributed by atoms with Crippen LogP contribution in [0.5, 0.6) is 5.75 Å². The van der Waals surface area contributed by atoms with E-state index in [0.29, 0.717) is 5.82 Å². The molecule has 5 rings (SSSR count). The highest BCUT2D eigenvalue weighted by Crippen LogP contribution is 2.31. The van der Waals surface area contributed by atoms with E-state index in [2.05, 4.69) is 15.3 Å². The number of rotatable bonds is 6. The number of pyridine rings is 1. The molecule has 1 unspecified atom stereocenters. The first kappa shape index (κ1) is 19.7. The van der Waals surface area contributed by atoms with Crippen molar-refractivity contribution in [1.82, 2.24) is 24.5 Å². The van der Waals surface area contributed by atoms with E-state index < -0.39 is 0 Å². The number of ether oxygens (including phenoxy) is 1. The average Bonchev–Trinajstić information content (AvgIpc) is 3.28. The van der Waals surface area contributed by atoms with Crippen molar-refractivity contribution in [3.63, 3.8) is 0 Å². The number of anilines is 1. The molecule has 0 spiro atoms. The van der Waals surface area contributed by atoms with Crippen molar-refractivity contribution in [3.8, 4) is 17.1 Å².